The Balaban J connectivity index is 1.45. The Hall–Kier alpha value is -2.86. The molecule has 2 aromatic rings. The fourth-order valence-electron chi connectivity index (χ4n) is 3.65. The third-order valence-corrected chi connectivity index (χ3v) is 5.21. The summed E-state index contributed by atoms with van der Waals surface area (Å²) in [5, 5.41) is 0. The van der Waals surface area contributed by atoms with Crippen LogP contribution in [0.3, 0.4) is 0 Å². The normalized spacial score (nSPS) is 18.9. The van der Waals surface area contributed by atoms with Crippen LogP contribution in [0.2, 0.25) is 0 Å². The zero-order valence-electron chi connectivity index (χ0n) is 17.0. The van der Waals surface area contributed by atoms with Crippen LogP contribution in [0.15, 0.2) is 54.6 Å². The molecule has 6 heteroatoms. The number of benzene rings is 2. The molecule has 1 fully saturated rings. The van der Waals surface area contributed by atoms with Crippen molar-refractivity contribution in [2.45, 2.75) is 51.8 Å². The van der Waals surface area contributed by atoms with Gasteiger partial charge in [0.05, 0.1) is 6.61 Å². The molecular formula is C23H28N2O4. The monoisotopic (exact) mass is 396 g/mol. The van der Waals surface area contributed by atoms with Crippen LogP contribution in [0.1, 0.15) is 49.0 Å². The van der Waals surface area contributed by atoms with E-state index in [4.69, 9.17) is 9.57 Å². The van der Waals surface area contributed by atoms with Crippen molar-refractivity contribution in [3.8, 4) is 5.75 Å². The van der Waals surface area contributed by atoms with Crippen LogP contribution >= 0.6 is 0 Å². The van der Waals surface area contributed by atoms with E-state index < -0.39 is 0 Å². The molecule has 1 N–H and O–H groups in total. The minimum absolute atomic E-state index is 0.000407. The third kappa shape index (κ3) is 5.81. The van der Waals surface area contributed by atoms with Crippen molar-refractivity contribution in [2.24, 2.45) is 0 Å². The van der Waals surface area contributed by atoms with E-state index in [-0.39, 0.29) is 30.5 Å². The molecule has 0 radical (unpaired) electrons. The largest absolute Gasteiger partial charge is 0.484 e. The second-order valence-electron chi connectivity index (χ2n) is 7.45. The second-order valence-corrected chi connectivity index (χ2v) is 7.45. The van der Waals surface area contributed by atoms with Crippen molar-refractivity contribution >= 4 is 11.8 Å². The van der Waals surface area contributed by atoms with Crippen LogP contribution in [0.25, 0.3) is 0 Å². The molecule has 0 bridgehead atoms. The predicted molar refractivity (Wildman–Crippen MR) is 110 cm³/mol. The number of carbonyl (C=O) groups is 2. The predicted octanol–water partition coefficient (Wildman–Crippen LogP) is 3.72. The van der Waals surface area contributed by atoms with Gasteiger partial charge in [-0.25, -0.2) is 5.48 Å². The van der Waals surface area contributed by atoms with Gasteiger partial charge in [0.25, 0.3) is 11.8 Å². The topological polar surface area (TPSA) is 67.9 Å². The van der Waals surface area contributed by atoms with Gasteiger partial charge in [0.15, 0.2) is 6.61 Å². The first kappa shape index (κ1) is 20.9. The highest BCUT2D eigenvalue weighted by molar-refractivity contribution is 5.93. The Morgan fingerprint density at radius 3 is 2.31 bits per heavy atom. The van der Waals surface area contributed by atoms with Gasteiger partial charge in [-0.15, -0.1) is 0 Å². The van der Waals surface area contributed by atoms with Crippen molar-refractivity contribution < 1.29 is 19.2 Å². The van der Waals surface area contributed by atoms with E-state index in [0.717, 1.165) is 24.8 Å². The molecule has 2 unspecified atom stereocenters. The lowest BCUT2D eigenvalue weighted by Crippen LogP contribution is -2.49. The van der Waals surface area contributed by atoms with Gasteiger partial charge in [-0.1, -0.05) is 30.3 Å². The van der Waals surface area contributed by atoms with Crippen molar-refractivity contribution in [3.63, 3.8) is 0 Å². The molecule has 3 rings (SSSR count). The third-order valence-electron chi connectivity index (χ3n) is 5.21. The Kier molecular flexibility index (Phi) is 7.25. The summed E-state index contributed by atoms with van der Waals surface area (Å²) in [6.07, 6.45) is 3.23. The quantitative estimate of drug-likeness (QED) is 0.725. The van der Waals surface area contributed by atoms with Gasteiger partial charge in [0.2, 0.25) is 0 Å². The summed E-state index contributed by atoms with van der Waals surface area (Å²) in [6.45, 7) is 4.46. The molecule has 2 atom stereocenters. The number of nitrogens with one attached hydrogen (secondary N) is 1. The number of rotatable bonds is 7. The summed E-state index contributed by atoms with van der Waals surface area (Å²) in [4.78, 5) is 31.9. The molecule has 154 valence electrons. The zero-order valence-corrected chi connectivity index (χ0v) is 17.0. The van der Waals surface area contributed by atoms with E-state index in [1.165, 1.54) is 0 Å². The molecule has 0 aromatic heterocycles. The van der Waals surface area contributed by atoms with E-state index in [2.05, 4.69) is 19.3 Å². The average Bonchev–Trinajstić information content (AvgIpc) is 2.73. The van der Waals surface area contributed by atoms with Crippen molar-refractivity contribution in [2.75, 3.05) is 6.61 Å². The molecular weight excluding hydrogens is 368 g/mol. The van der Waals surface area contributed by atoms with Crippen molar-refractivity contribution in [1.29, 1.82) is 0 Å². The first-order valence-corrected chi connectivity index (χ1v) is 10.0. The zero-order chi connectivity index (χ0) is 20.6. The minimum Gasteiger partial charge on any atom is -0.484 e. The van der Waals surface area contributed by atoms with Gasteiger partial charge < -0.3 is 9.64 Å². The van der Waals surface area contributed by atoms with E-state index in [1.54, 1.807) is 24.3 Å². The molecule has 1 aliphatic rings. The highest BCUT2D eigenvalue weighted by atomic mass is 16.6. The maximum absolute atomic E-state index is 12.5. The number of piperidine rings is 1. The van der Waals surface area contributed by atoms with Crippen LogP contribution < -0.4 is 10.2 Å². The van der Waals surface area contributed by atoms with Gasteiger partial charge in [0.1, 0.15) is 5.75 Å². The molecule has 0 spiro atoms. The first-order chi connectivity index (χ1) is 14.0. The molecule has 6 nitrogen and oxygen atoms in total. The first-order valence-electron chi connectivity index (χ1n) is 10.0. The Bertz CT molecular complexity index is 797. The smallest absolute Gasteiger partial charge is 0.274 e. The number of hydrogen-bond donors (Lipinski definition) is 1. The number of amides is 2. The fourth-order valence-corrected chi connectivity index (χ4v) is 3.65. The number of carbonyl (C=O) groups excluding carboxylic acids is 2. The van der Waals surface area contributed by atoms with Crippen LogP contribution in [0.5, 0.6) is 5.75 Å². The Morgan fingerprint density at radius 1 is 1.00 bits per heavy atom. The van der Waals surface area contributed by atoms with Gasteiger partial charge in [-0.3, -0.25) is 14.4 Å². The molecule has 1 saturated heterocycles. The summed E-state index contributed by atoms with van der Waals surface area (Å²) in [7, 11) is 0. The summed E-state index contributed by atoms with van der Waals surface area (Å²) >= 11 is 0. The lowest BCUT2D eigenvalue weighted by atomic mass is 9.97. The van der Waals surface area contributed by atoms with Crippen LogP contribution in [-0.4, -0.2) is 35.4 Å². The number of nitrogens with zero attached hydrogens (tertiary/aromatic N) is 1. The number of likely N-dealkylation sites (tertiary alicyclic amines) is 1. The van der Waals surface area contributed by atoms with Crippen LogP contribution in [-0.2, 0) is 16.2 Å². The summed E-state index contributed by atoms with van der Waals surface area (Å²) < 4.78 is 5.64. The molecule has 2 amide bonds. The summed E-state index contributed by atoms with van der Waals surface area (Å²) in [5.74, 6) is 0.220. The summed E-state index contributed by atoms with van der Waals surface area (Å²) in [5.41, 5.74) is 3.85. The standard InChI is InChI=1S/C23H28N2O4/c1-17-7-6-8-18(2)25(17)22(26)16-28-21-13-11-20(12-14-21)23(27)24-29-15-19-9-4-3-5-10-19/h3-5,9-14,17-18H,6-8,15-16H2,1-2H3,(H,24,27). The molecule has 2 aromatic carbocycles. The lowest BCUT2D eigenvalue weighted by Gasteiger charge is -2.38. The number of hydrogen-bond acceptors (Lipinski definition) is 4. The molecule has 0 saturated carbocycles. The van der Waals surface area contributed by atoms with E-state index in [1.807, 2.05) is 35.2 Å². The molecule has 29 heavy (non-hydrogen) atoms. The minimum atomic E-state index is -0.334. The molecule has 1 heterocycles. The van der Waals surface area contributed by atoms with Crippen LogP contribution in [0.4, 0.5) is 0 Å². The fraction of sp³-hybridized carbons (Fsp3) is 0.391. The van der Waals surface area contributed by atoms with Gasteiger partial charge in [-0.2, -0.15) is 0 Å². The maximum atomic E-state index is 12.5. The number of hydroxylamine groups is 1. The van der Waals surface area contributed by atoms with Crippen LogP contribution in [0, 0.1) is 0 Å². The van der Waals surface area contributed by atoms with E-state index >= 15 is 0 Å². The average molecular weight is 396 g/mol. The van der Waals surface area contributed by atoms with Crippen molar-refractivity contribution in [1.82, 2.24) is 10.4 Å². The Labute approximate surface area is 171 Å². The highest BCUT2D eigenvalue weighted by Crippen LogP contribution is 2.23. The van der Waals surface area contributed by atoms with Gasteiger partial charge in [-0.05, 0) is 62.9 Å². The highest BCUT2D eigenvalue weighted by Gasteiger charge is 2.28. The second kappa shape index (κ2) is 10.1. The summed E-state index contributed by atoms with van der Waals surface area (Å²) in [6, 6.07) is 16.7. The van der Waals surface area contributed by atoms with E-state index in [9.17, 15) is 9.59 Å². The van der Waals surface area contributed by atoms with E-state index in [0.29, 0.717) is 17.9 Å². The molecule has 1 aliphatic heterocycles. The van der Waals surface area contributed by atoms with Crippen molar-refractivity contribution in [3.05, 3.63) is 65.7 Å². The molecule has 0 aliphatic carbocycles. The SMILES string of the molecule is CC1CCCC(C)N1C(=O)COc1ccc(C(=O)NOCc2ccccc2)cc1. The Morgan fingerprint density at radius 2 is 1.66 bits per heavy atom. The lowest BCUT2D eigenvalue weighted by molar-refractivity contribution is -0.139. The van der Waals surface area contributed by atoms with Gasteiger partial charge in [0, 0.05) is 17.6 Å². The number of ether oxygens (including phenoxy) is 1. The van der Waals surface area contributed by atoms with Gasteiger partial charge >= 0.3 is 0 Å². The maximum Gasteiger partial charge on any atom is 0.274 e.